The SMILES string of the molecule is COc1ccc(Cl)cc1NC(=O)COC(=O)CCc1c[nH]c2ccccc12. The lowest BCUT2D eigenvalue weighted by atomic mass is 10.1. The van der Waals surface area contributed by atoms with E-state index in [0.717, 1.165) is 16.5 Å². The highest BCUT2D eigenvalue weighted by Crippen LogP contribution is 2.27. The van der Waals surface area contributed by atoms with E-state index in [0.29, 0.717) is 22.9 Å². The zero-order chi connectivity index (χ0) is 19.2. The van der Waals surface area contributed by atoms with Crippen molar-refractivity contribution in [3.05, 3.63) is 59.2 Å². The number of benzene rings is 2. The molecule has 7 heteroatoms. The average Bonchev–Trinajstić information content (AvgIpc) is 3.08. The summed E-state index contributed by atoms with van der Waals surface area (Å²) in [6.45, 7) is -0.373. The fraction of sp³-hybridized carbons (Fsp3) is 0.200. The number of nitrogens with one attached hydrogen (secondary N) is 2. The molecule has 1 heterocycles. The summed E-state index contributed by atoms with van der Waals surface area (Å²) in [5, 5.41) is 4.16. The normalized spacial score (nSPS) is 10.6. The number of fused-ring (bicyclic) bond motifs is 1. The molecule has 0 atom stereocenters. The van der Waals surface area contributed by atoms with Gasteiger partial charge in [-0.3, -0.25) is 9.59 Å². The van der Waals surface area contributed by atoms with Gasteiger partial charge in [0.1, 0.15) is 5.75 Å². The molecule has 6 nitrogen and oxygen atoms in total. The van der Waals surface area contributed by atoms with Crippen molar-refractivity contribution < 1.29 is 19.1 Å². The number of carbonyl (C=O) groups excluding carboxylic acids is 2. The first-order valence-corrected chi connectivity index (χ1v) is 8.78. The summed E-state index contributed by atoms with van der Waals surface area (Å²) in [7, 11) is 1.49. The molecule has 0 saturated heterocycles. The predicted octanol–water partition coefficient (Wildman–Crippen LogP) is 3.94. The summed E-state index contributed by atoms with van der Waals surface area (Å²) in [4.78, 5) is 27.1. The fourth-order valence-corrected chi connectivity index (χ4v) is 2.93. The summed E-state index contributed by atoms with van der Waals surface area (Å²) >= 11 is 5.92. The lowest BCUT2D eigenvalue weighted by Crippen LogP contribution is -2.21. The number of ether oxygens (including phenoxy) is 2. The van der Waals surface area contributed by atoms with Gasteiger partial charge in [0.15, 0.2) is 6.61 Å². The summed E-state index contributed by atoms with van der Waals surface area (Å²) in [5.41, 5.74) is 2.48. The number of aromatic amines is 1. The van der Waals surface area contributed by atoms with Crippen molar-refractivity contribution in [1.82, 2.24) is 4.98 Å². The molecule has 3 aromatic rings. The number of rotatable bonds is 7. The number of aromatic nitrogens is 1. The van der Waals surface area contributed by atoms with Gasteiger partial charge in [-0.25, -0.2) is 0 Å². The quantitative estimate of drug-likeness (QED) is 0.602. The van der Waals surface area contributed by atoms with Crippen LogP contribution in [0.2, 0.25) is 5.02 Å². The molecule has 0 aliphatic rings. The molecule has 0 saturated carbocycles. The van der Waals surface area contributed by atoms with Crippen LogP contribution in [0.4, 0.5) is 5.69 Å². The molecular formula is C20H19ClN2O4. The zero-order valence-corrected chi connectivity index (χ0v) is 15.5. The Hall–Kier alpha value is -2.99. The number of amides is 1. The highest BCUT2D eigenvalue weighted by molar-refractivity contribution is 6.31. The van der Waals surface area contributed by atoms with Gasteiger partial charge in [-0.2, -0.15) is 0 Å². The van der Waals surface area contributed by atoms with E-state index >= 15 is 0 Å². The Bertz CT molecular complexity index is 968. The van der Waals surface area contributed by atoms with Crippen molar-refractivity contribution in [2.24, 2.45) is 0 Å². The number of hydrogen-bond donors (Lipinski definition) is 2. The van der Waals surface area contributed by atoms with E-state index in [1.165, 1.54) is 7.11 Å². The number of halogens is 1. The minimum atomic E-state index is -0.462. The Morgan fingerprint density at radius 3 is 2.81 bits per heavy atom. The standard InChI is InChI=1S/C20H19ClN2O4/c1-26-18-8-7-14(21)10-17(18)23-19(24)12-27-20(25)9-6-13-11-22-16-5-3-2-4-15(13)16/h2-5,7-8,10-11,22H,6,9,12H2,1H3,(H,23,24). The largest absolute Gasteiger partial charge is 0.495 e. The van der Waals surface area contributed by atoms with Gasteiger partial charge in [0.05, 0.1) is 12.8 Å². The van der Waals surface area contributed by atoms with Gasteiger partial charge in [0.2, 0.25) is 0 Å². The van der Waals surface area contributed by atoms with Crippen LogP contribution in [-0.4, -0.2) is 30.6 Å². The van der Waals surface area contributed by atoms with E-state index in [1.807, 2.05) is 30.5 Å². The van der Waals surface area contributed by atoms with Crippen molar-refractivity contribution in [3.63, 3.8) is 0 Å². The summed E-state index contributed by atoms with van der Waals surface area (Å²) < 4.78 is 10.2. The molecule has 1 amide bonds. The van der Waals surface area contributed by atoms with Crippen LogP contribution in [0.3, 0.4) is 0 Å². The van der Waals surface area contributed by atoms with Crippen LogP contribution in [0.25, 0.3) is 10.9 Å². The number of H-pyrrole nitrogens is 1. The van der Waals surface area contributed by atoms with Crippen LogP contribution in [0.1, 0.15) is 12.0 Å². The first-order chi connectivity index (χ1) is 13.1. The van der Waals surface area contributed by atoms with Gasteiger partial charge in [0, 0.05) is 28.5 Å². The number of carbonyl (C=O) groups is 2. The van der Waals surface area contributed by atoms with E-state index in [4.69, 9.17) is 21.1 Å². The highest BCUT2D eigenvalue weighted by Gasteiger charge is 2.12. The molecule has 3 rings (SSSR count). The van der Waals surface area contributed by atoms with E-state index in [9.17, 15) is 9.59 Å². The van der Waals surface area contributed by atoms with Gasteiger partial charge in [0.25, 0.3) is 5.91 Å². The lowest BCUT2D eigenvalue weighted by Gasteiger charge is -2.10. The van der Waals surface area contributed by atoms with Gasteiger partial charge in [-0.15, -0.1) is 0 Å². The molecule has 0 aliphatic heterocycles. The summed E-state index contributed by atoms with van der Waals surface area (Å²) in [6.07, 6.45) is 2.61. The molecule has 2 N–H and O–H groups in total. The second-order valence-electron chi connectivity index (χ2n) is 5.91. The third kappa shape index (κ3) is 4.80. The van der Waals surface area contributed by atoms with Crippen LogP contribution < -0.4 is 10.1 Å². The van der Waals surface area contributed by atoms with Crippen molar-refractivity contribution in [2.45, 2.75) is 12.8 Å². The van der Waals surface area contributed by atoms with Gasteiger partial charge in [-0.1, -0.05) is 29.8 Å². The first-order valence-electron chi connectivity index (χ1n) is 8.41. The minimum absolute atomic E-state index is 0.190. The Morgan fingerprint density at radius 2 is 2.00 bits per heavy atom. The third-order valence-electron chi connectivity index (χ3n) is 4.07. The number of para-hydroxylation sites is 1. The van der Waals surface area contributed by atoms with Crippen LogP contribution >= 0.6 is 11.6 Å². The number of aryl methyl sites for hydroxylation is 1. The Labute approximate surface area is 161 Å². The molecule has 0 aliphatic carbocycles. The zero-order valence-electron chi connectivity index (χ0n) is 14.8. The van der Waals surface area contributed by atoms with Crippen LogP contribution in [-0.2, 0) is 20.7 Å². The Balaban J connectivity index is 1.49. The van der Waals surface area contributed by atoms with E-state index < -0.39 is 11.9 Å². The first kappa shape index (κ1) is 18.8. The van der Waals surface area contributed by atoms with Crippen molar-refractivity contribution >= 4 is 40.1 Å². The maximum Gasteiger partial charge on any atom is 0.306 e. The molecule has 0 spiro atoms. The van der Waals surface area contributed by atoms with Crippen LogP contribution in [0.5, 0.6) is 5.75 Å². The molecule has 0 bridgehead atoms. The second kappa shape index (κ2) is 8.60. The number of methoxy groups -OCH3 is 1. The third-order valence-corrected chi connectivity index (χ3v) is 4.31. The van der Waals surface area contributed by atoms with Crippen molar-refractivity contribution in [1.29, 1.82) is 0 Å². The lowest BCUT2D eigenvalue weighted by molar-refractivity contribution is -0.147. The van der Waals surface area contributed by atoms with Gasteiger partial charge in [-0.05, 0) is 36.2 Å². The number of esters is 1. The molecule has 1 aromatic heterocycles. The molecule has 140 valence electrons. The fourth-order valence-electron chi connectivity index (χ4n) is 2.76. The van der Waals surface area contributed by atoms with Crippen LogP contribution in [0, 0.1) is 0 Å². The van der Waals surface area contributed by atoms with Crippen molar-refractivity contribution in [3.8, 4) is 5.75 Å². The van der Waals surface area contributed by atoms with E-state index in [1.54, 1.807) is 18.2 Å². The summed E-state index contributed by atoms with van der Waals surface area (Å²) in [5.74, 6) is -0.428. The molecule has 0 unspecified atom stereocenters. The maximum absolute atomic E-state index is 12.0. The Kier molecular flexibility index (Phi) is 5.98. The molecule has 0 fully saturated rings. The minimum Gasteiger partial charge on any atom is -0.495 e. The van der Waals surface area contributed by atoms with Crippen molar-refractivity contribution in [2.75, 3.05) is 19.0 Å². The van der Waals surface area contributed by atoms with Gasteiger partial charge >= 0.3 is 5.97 Å². The average molecular weight is 387 g/mol. The Morgan fingerprint density at radius 1 is 1.19 bits per heavy atom. The van der Waals surface area contributed by atoms with Crippen LogP contribution in [0.15, 0.2) is 48.7 Å². The molecular weight excluding hydrogens is 368 g/mol. The number of hydrogen-bond acceptors (Lipinski definition) is 4. The molecule has 0 radical (unpaired) electrons. The van der Waals surface area contributed by atoms with Gasteiger partial charge < -0.3 is 19.8 Å². The second-order valence-corrected chi connectivity index (χ2v) is 6.35. The molecule has 27 heavy (non-hydrogen) atoms. The smallest absolute Gasteiger partial charge is 0.306 e. The number of anilines is 1. The van der Waals surface area contributed by atoms with E-state index in [-0.39, 0.29) is 13.0 Å². The molecule has 2 aromatic carbocycles. The maximum atomic E-state index is 12.0. The topological polar surface area (TPSA) is 80.4 Å². The predicted molar refractivity (Wildman–Crippen MR) is 104 cm³/mol. The monoisotopic (exact) mass is 386 g/mol. The van der Waals surface area contributed by atoms with E-state index in [2.05, 4.69) is 10.3 Å². The summed E-state index contributed by atoms with van der Waals surface area (Å²) in [6, 6.07) is 12.7. The highest BCUT2D eigenvalue weighted by atomic mass is 35.5.